The highest BCUT2D eigenvalue weighted by atomic mass is 32.2. The number of sulfonamides is 1. The third-order valence-corrected chi connectivity index (χ3v) is 6.56. The number of nitrogens with zero attached hydrogens (tertiary/aromatic N) is 3. The number of rotatable bonds is 4. The van der Waals surface area contributed by atoms with Crippen LogP contribution in [0.5, 0.6) is 5.75 Å². The average molecular weight is 411 g/mol. The van der Waals surface area contributed by atoms with Crippen LogP contribution in [0.25, 0.3) is 10.9 Å². The van der Waals surface area contributed by atoms with E-state index in [4.69, 9.17) is 0 Å². The minimum Gasteiger partial charge on any atom is -0.504 e. The Balaban J connectivity index is 1.76. The number of nitrogens with one attached hydrogen (secondary N) is 1. The summed E-state index contributed by atoms with van der Waals surface area (Å²) in [6.07, 6.45) is 2.74. The molecule has 1 amide bonds. The zero-order valence-electron chi connectivity index (χ0n) is 15.5. The molecule has 8 nitrogen and oxygen atoms in total. The number of carbonyl (C=O) groups is 1. The van der Waals surface area contributed by atoms with E-state index in [2.05, 4.69) is 21.4 Å². The van der Waals surface area contributed by atoms with Crippen molar-refractivity contribution in [2.24, 2.45) is 0 Å². The second kappa shape index (κ2) is 7.67. The topological polar surface area (TPSA) is 112 Å². The summed E-state index contributed by atoms with van der Waals surface area (Å²) in [5.74, 6) is -0.874. The lowest BCUT2D eigenvalue weighted by Gasteiger charge is -2.28. The first-order chi connectivity index (χ1) is 14.0. The van der Waals surface area contributed by atoms with Gasteiger partial charge in [0.25, 0.3) is 5.91 Å². The molecule has 9 heteroatoms. The molecule has 1 aliphatic rings. The molecule has 0 aliphatic carbocycles. The highest BCUT2D eigenvalue weighted by molar-refractivity contribution is 7.92. The Morgan fingerprint density at radius 3 is 2.86 bits per heavy atom. The normalized spacial score (nSPS) is 15.9. The van der Waals surface area contributed by atoms with Crippen molar-refractivity contribution in [1.82, 2.24) is 15.3 Å². The second-order valence-electron chi connectivity index (χ2n) is 6.70. The van der Waals surface area contributed by atoms with Gasteiger partial charge in [0.15, 0.2) is 17.3 Å². The molecule has 1 radical (unpaired) electrons. The maximum absolute atomic E-state index is 12.7. The van der Waals surface area contributed by atoms with Gasteiger partial charge in [0.1, 0.15) is 5.52 Å². The molecule has 2 N–H and O–H groups in total. The first-order valence-electron chi connectivity index (χ1n) is 9.19. The van der Waals surface area contributed by atoms with E-state index in [1.54, 1.807) is 24.3 Å². The molecule has 149 valence electrons. The fourth-order valence-electron chi connectivity index (χ4n) is 3.28. The van der Waals surface area contributed by atoms with Crippen LogP contribution in [-0.2, 0) is 16.6 Å². The Labute approximate surface area is 168 Å². The maximum atomic E-state index is 12.7. The summed E-state index contributed by atoms with van der Waals surface area (Å²) in [6.45, 7) is 0.461. The van der Waals surface area contributed by atoms with E-state index in [1.165, 1.54) is 10.5 Å². The van der Waals surface area contributed by atoms with Crippen LogP contribution in [0.15, 0.2) is 42.6 Å². The molecule has 0 saturated carbocycles. The summed E-state index contributed by atoms with van der Waals surface area (Å²) in [4.78, 5) is 21.1. The van der Waals surface area contributed by atoms with Crippen LogP contribution in [0.3, 0.4) is 0 Å². The van der Waals surface area contributed by atoms with E-state index in [0.29, 0.717) is 18.2 Å². The second-order valence-corrected chi connectivity index (χ2v) is 8.71. The Morgan fingerprint density at radius 1 is 1.24 bits per heavy atom. The number of hydrogen-bond donors (Lipinski definition) is 2. The molecule has 3 aromatic rings. The van der Waals surface area contributed by atoms with Crippen molar-refractivity contribution in [2.45, 2.75) is 19.4 Å². The largest absolute Gasteiger partial charge is 0.504 e. The van der Waals surface area contributed by atoms with Crippen LogP contribution in [0.4, 0.5) is 5.82 Å². The van der Waals surface area contributed by atoms with E-state index in [0.717, 1.165) is 5.56 Å². The van der Waals surface area contributed by atoms with Gasteiger partial charge in [0.05, 0.1) is 5.75 Å². The van der Waals surface area contributed by atoms with Gasteiger partial charge in [-0.15, -0.1) is 0 Å². The Hall–Kier alpha value is -3.20. The van der Waals surface area contributed by atoms with E-state index >= 15 is 0 Å². The zero-order chi connectivity index (χ0) is 20.4. The van der Waals surface area contributed by atoms with Crippen molar-refractivity contribution in [3.05, 3.63) is 59.9 Å². The summed E-state index contributed by atoms with van der Waals surface area (Å²) < 4.78 is 26.4. The Bertz CT molecular complexity index is 1170. The lowest BCUT2D eigenvalue weighted by Crippen LogP contribution is -2.39. The molecule has 1 fully saturated rings. The monoisotopic (exact) mass is 411 g/mol. The SMILES string of the molecule is O=C(NCc1[c]cccc1)c1nc(N2CCCCS2(=O)=O)c2cccnc2c1O. The van der Waals surface area contributed by atoms with Gasteiger partial charge in [-0.25, -0.2) is 13.4 Å². The number of pyridine rings is 2. The molecule has 3 heterocycles. The Morgan fingerprint density at radius 2 is 2.10 bits per heavy atom. The third-order valence-electron chi connectivity index (χ3n) is 4.73. The zero-order valence-corrected chi connectivity index (χ0v) is 16.3. The van der Waals surface area contributed by atoms with Crippen molar-refractivity contribution >= 4 is 32.7 Å². The molecular weight excluding hydrogens is 392 g/mol. The number of benzene rings is 1. The molecule has 4 rings (SSSR count). The first kappa shape index (κ1) is 19.1. The molecule has 1 aromatic carbocycles. The quantitative estimate of drug-likeness (QED) is 0.679. The first-order valence-corrected chi connectivity index (χ1v) is 10.8. The van der Waals surface area contributed by atoms with Gasteiger partial charge in [-0.05, 0) is 36.6 Å². The van der Waals surface area contributed by atoms with Crippen molar-refractivity contribution < 1.29 is 18.3 Å². The fraction of sp³-hybridized carbons (Fsp3) is 0.250. The van der Waals surface area contributed by atoms with Gasteiger partial charge in [0.2, 0.25) is 10.0 Å². The predicted molar refractivity (Wildman–Crippen MR) is 108 cm³/mol. The van der Waals surface area contributed by atoms with E-state index in [1.807, 2.05) is 12.1 Å². The molecule has 0 spiro atoms. The van der Waals surface area contributed by atoms with E-state index < -0.39 is 15.9 Å². The number of carbonyl (C=O) groups excluding carboxylic acids is 1. The van der Waals surface area contributed by atoms with Crippen LogP contribution in [0, 0.1) is 6.07 Å². The summed E-state index contributed by atoms with van der Waals surface area (Å²) in [7, 11) is -3.55. The molecule has 1 saturated heterocycles. The van der Waals surface area contributed by atoms with Crippen molar-refractivity contribution in [3.63, 3.8) is 0 Å². The van der Waals surface area contributed by atoms with Crippen molar-refractivity contribution in [1.29, 1.82) is 0 Å². The van der Waals surface area contributed by atoms with Gasteiger partial charge in [-0.2, -0.15) is 0 Å². The highest BCUT2D eigenvalue weighted by Gasteiger charge is 2.31. The van der Waals surface area contributed by atoms with Crippen LogP contribution < -0.4 is 9.62 Å². The van der Waals surface area contributed by atoms with Gasteiger partial charge >= 0.3 is 0 Å². The fourth-order valence-corrected chi connectivity index (χ4v) is 4.88. The summed E-state index contributed by atoms with van der Waals surface area (Å²) >= 11 is 0. The molecule has 0 atom stereocenters. The predicted octanol–water partition coefficient (Wildman–Crippen LogP) is 2.00. The molecular formula is C20H19N4O4S. The lowest BCUT2D eigenvalue weighted by molar-refractivity contribution is 0.0943. The molecule has 1 aliphatic heterocycles. The van der Waals surface area contributed by atoms with Crippen molar-refractivity contribution in [3.8, 4) is 5.75 Å². The number of aromatic hydroxyl groups is 1. The maximum Gasteiger partial charge on any atom is 0.274 e. The van der Waals surface area contributed by atoms with Crippen molar-refractivity contribution in [2.75, 3.05) is 16.6 Å². The average Bonchev–Trinajstić information content (AvgIpc) is 2.73. The number of anilines is 1. The van der Waals surface area contributed by atoms with Gasteiger partial charge < -0.3 is 10.4 Å². The van der Waals surface area contributed by atoms with Gasteiger partial charge in [0, 0.05) is 24.7 Å². The Kier molecular flexibility index (Phi) is 5.06. The van der Waals surface area contributed by atoms with Crippen LogP contribution in [0.2, 0.25) is 0 Å². The summed E-state index contributed by atoms with van der Waals surface area (Å²) in [5.41, 5.74) is 0.635. The molecule has 2 aromatic heterocycles. The van der Waals surface area contributed by atoms with E-state index in [-0.39, 0.29) is 41.6 Å². The van der Waals surface area contributed by atoms with Crippen LogP contribution in [-0.4, -0.2) is 41.7 Å². The van der Waals surface area contributed by atoms with Gasteiger partial charge in [-0.3, -0.25) is 14.1 Å². The minimum absolute atomic E-state index is 0.0166. The molecule has 0 unspecified atom stereocenters. The standard InChI is InChI=1S/C20H19N4O4S/c25-18-16-15(9-6-10-21-16)19(24-11-4-5-12-29(24,27)28)23-17(18)20(26)22-13-14-7-2-1-3-8-14/h1-3,6-7,9-10,25H,4-5,11-13H2,(H,22,26). The highest BCUT2D eigenvalue weighted by Crippen LogP contribution is 2.34. The number of hydrogen-bond acceptors (Lipinski definition) is 6. The van der Waals surface area contributed by atoms with Crippen LogP contribution in [0.1, 0.15) is 28.9 Å². The molecule has 29 heavy (non-hydrogen) atoms. The van der Waals surface area contributed by atoms with Gasteiger partial charge in [-0.1, -0.05) is 24.3 Å². The lowest BCUT2D eigenvalue weighted by atomic mass is 10.1. The molecule has 0 bridgehead atoms. The smallest absolute Gasteiger partial charge is 0.274 e. The third kappa shape index (κ3) is 3.73. The summed E-state index contributed by atoms with van der Waals surface area (Å²) in [6, 6.07) is 13.4. The number of aromatic nitrogens is 2. The number of fused-ring (bicyclic) bond motifs is 1. The van der Waals surface area contributed by atoms with Crippen LogP contribution >= 0.6 is 0 Å². The number of amides is 1. The van der Waals surface area contributed by atoms with E-state index in [9.17, 15) is 18.3 Å². The minimum atomic E-state index is -3.55. The summed E-state index contributed by atoms with van der Waals surface area (Å²) in [5, 5.41) is 13.7.